The molecule has 0 unspecified atom stereocenters. The van der Waals surface area contributed by atoms with Crippen molar-refractivity contribution in [3.8, 4) is 22.6 Å². The van der Waals surface area contributed by atoms with E-state index in [0.717, 1.165) is 47.6 Å². The maximum absolute atomic E-state index is 5.10. The van der Waals surface area contributed by atoms with E-state index in [1.54, 1.807) is 11.8 Å². The topological polar surface area (TPSA) is 55.1 Å². The zero-order valence-electron chi connectivity index (χ0n) is 21.1. The Hall–Kier alpha value is -3.90. The summed E-state index contributed by atoms with van der Waals surface area (Å²) in [5.74, 6) is 0.605. The number of fused-ring (bicyclic) bond motifs is 1. The van der Waals surface area contributed by atoms with Gasteiger partial charge in [0.1, 0.15) is 5.65 Å². The fourth-order valence-corrected chi connectivity index (χ4v) is 5.32. The summed E-state index contributed by atoms with van der Waals surface area (Å²) < 4.78 is 2.15. The highest BCUT2D eigenvalue weighted by Crippen LogP contribution is 2.35. The molecule has 1 N–H and O–H groups in total. The van der Waals surface area contributed by atoms with Gasteiger partial charge in [-0.05, 0) is 65.6 Å². The fourth-order valence-electron chi connectivity index (χ4n) is 4.71. The zero-order valence-corrected chi connectivity index (χ0v) is 21.9. The molecule has 6 heteroatoms. The maximum Gasteiger partial charge on any atom is 0.223 e. The Kier molecular flexibility index (Phi) is 6.49. The van der Waals surface area contributed by atoms with Gasteiger partial charge < -0.3 is 5.32 Å². The van der Waals surface area contributed by atoms with Crippen LogP contribution in [-0.4, -0.2) is 25.6 Å². The van der Waals surface area contributed by atoms with Crippen LogP contribution in [0, 0.1) is 0 Å². The molecule has 1 aliphatic rings. The first-order valence-electron chi connectivity index (χ1n) is 12.7. The Balaban J connectivity index is 1.40. The second-order valence-electron chi connectivity index (χ2n) is 9.26. The van der Waals surface area contributed by atoms with E-state index in [2.05, 4.69) is 101 Å². The first kappa shape index (κ1) is 23.5. The molecule has 0 radical (unpaired) electrons. The number of anilines is 1. The highest BCUT2D eigenvalue weighted by atomic mass is 32.2. The summed E-state index contributed by atoms with van der Waals surface area (Å²) in [6.45, 7) is 2.87. The molecule has 0 atom stereocenters. The normalized spacial score (nSPS) is 12.5. The summed E-state index contributed by atoms with van der Waals surface area (Å²) in [7, 11) is 0. The summed E-state index contributed by atoms with van der Waals surface area (Å²) in [6, 6.07) is 23.5. The SMILES string of the molecule is CCCc1ccn2c(-c3ccnc(NCc4ccccc4SC)n3)c(-c3ccc(C4=CC4)cc3)nc2c1. The van der Waals surface area contributed by atoms with Crippen molar-refractivity contribution < 1.29 is 0 Å². The summed E-state index contributed by atoms with van der Waals surface area (Å²) in [6.07, 6.45) is 11.5. The van der Waals surface area contributed by atoms with Crippen molar-refractivity contribution in [3.63, 3.8) is 0 Å². The third-order valence-electron chi connectivity index (χ3n) is 6.69. The van der Waals surface area contributed by atoms with Crippen LogP contribution in [0.25, 0.3) is 33.9 Å². The molecule has 3 aromatic heterocycles. The van der Waals surface area contributed by atoms with Crippen molar-refractivity contribution in [2.24, 2.45) is 0 Å². The number of allylic oxidation sites excluding steroid dienone is 2. The fraction of sp³-hybridized carbons (Fsp3) is 0.194. The molecule has 0 fully saturated rings. The van der Waals surface area contributed by atoms with Crippen molar-refractivity contribution >= 4 is 28.9 Å². The van der Waals surface area contributed by atoms with Crippen LogP contribution < -0.4 is 5.32 Å². The number of nitrogens with one attached hydrogen (secondary N) is 1. The summed E-state index contributed by atoms with van der Waals surface area (Å²) >= 11 is 1.75. The standard InChI is InChI=1S/C31H29N5S/c1-3-6-21-16-18-36-28(19-21)35-29(24-13-11-23(12-14-24)22-9-10-22)30(36)26-15-17-32-31(34-26)33-20-25-7-4-5-8-27(25)37-2/h4-5,7-9,11-19H,3,6,10,20H2,1-2H3,(H,32,33,34). The van der Waals surface area contributed by atoms with Crippen LogP contribution in [0.3, 0.4) is 0 Å². The smallest absolute Gasteiger partial charge is 0.223 e. The predicted molar refractivity (Wildman–Crippen MR) is 154 cm³/mol. The molecule has 0 saturated carbocycles. The van der Waals surface area contributed by atoms with Gasteiger partial charge >= 0.3 is 0 Å². The van der Waals surface area contributed by atoms with E-state index in [0.29, 0.717) is 12.5 Å². The second kappa shape index (κ2) is 10.2. The lowest BCUT2D eigenvalue weighted by atomic mass is 10.0. The van der Waals surface area contributed by atoms with Crippen LogP contribution in [0.5, 0.6) is 0 Å². The molecule has 0 amide bonds. The minimum Gasteiger partial charge on any atom is -0.350 e. The number of hydrogen-bond acceptors (Lipinski definition) is 5. The van der Waals surface area contributed by atoms with Gasteiger partial charge in [0.05, 0.1) is 17.1 Å². The molecule has 2 aromatic carbocycles. The van der Waals surface area contributed by atoms with Crippen LogP contribution in [0.4, 0.5) is 5.95 Å². The Morgan fingerprint density at radius 2 is 1.78 bits per heavy atom. The summed E-state index contributed by atoms with van der Waals surface area (Å²) in [4.78, 5) is 15.8. The number of thioether (sulfide) groups is 1. The van der Waals surface area contributed by atoms with Gasteiger partial charge in [0, 0.05) is 29.4 Å². The quantitative estimate of drug-likeness (QED) is 0.211. The van der Waals surface area contributed by atoms with E-state index < -0.39 is 0 Å². The number of aromatic nitrogens is 4. The number of rotatable bonds is 9. The van der Waals surface area contributed by atoms with Gasteiger partial charge in [0.2, 0.25) is 5.95 Å². The van der Waals surface area contributed by atoms with Crippen molar-refractivity contribution in [1.29, 1.82) is 0 Å². The monoisotopic (exact) mass is 503 g/mol. The highest BCUT2D eigenvalue weighted by Gasteiger charge is 2.19. The van der Waals surface area contributed by atoms with Crippen LogP contribution >= 0.6 is 11.8 Å². The van der Waals surface area contributed by atoms with E-state index in [4.69, 9.17) is 9.97 Å². The van der Waals surface area contributed by atoms with E-state index >= 15 is 0 Å². The first-order chi connectivity index (χ1) is 18.2. The number of nitrogens with zero attached hydrogens (tertiary/aromatic N) is 4. The lowest BCUT2D eigenvalue weighted by Gasteiger charge is -2.10. The van der Waals surface area contributed by atoms with E-state index in [9.17, 15) is 0 Å². The van der Waals surface area contributed by atoms with Gasteiger partial charge in [-0.1, -0.05) is 61.9 Å². The highest BCUT2D eigenvalue weighted by molar-refractivity contribution is 7.98. The Morgan fingerprint density at radius 3 is 2.57 bits per heavy atom. The third kappa shape index (κ3) is 4.89. The van der Waals surface area contributed by atoms with Gasteiger partial charge in [-0.2, -0.15) is 0 Å². The van der Waals surface area contributed by atoms with E-state index in [1.807, 2.05) is 12.3 Å². The van der Waals surface area contributed by atoms with E-state index in [-0.39, 0.29) is 0 Å². The van der Waals surface area contributed by atoms with Gasteiger partial charge in [0.25, 0.3) is 0 Å². The maximum atomic E-state index is 5.10. The molecule has 0 bridgehead atoms. The Bertz CT molecular complexity index is 1600. The molecule has 37 heavy (non-hydrogen) atoms. The molecule has 0 saturated heterocycles. The zero-order chi connectivity index (χ0) is 25.2. The van der Waals surface area contributed by atoms with Crippen LogP contribution in [0.15, 0.2) is 90.1 Å². The Morgan fingerprint density at radius 1 is 0.973 bits per heavy atom. The molecule has 184 valence electrons. The van der Waals surface area contributed by atoms with Crippen molar-refractivity contribution in [3.05, 3.63) is 102 Å². The van der Waals surface area contributed by atoms with Crippen molar-refractivity contribution in [2.75, 3.05) is 11.6 Å². The number of imidazole rings is 1. The van der Waals surface area contributed by atoms with Gasteiger partial charge in [-0.15, -0.1) is 11.8 Å². The van der Waals surface area contributed by atoms with Gasteiger partial charge in [0.15, 0.2) is 0 Å². The molecule has 1 aliphatic carbocycles. The number of pyridine rings is 1. The summed E-state index contributed by atoms with van der Waals surface area (Å²) in [5, 5.41) is 3.43. The number of benzene rings is 2. The number of aryl methyl sites for hydroxylation is 1. The lowest BCUT2D eigenvalue weighted by molar-refractivity contribution is 0.917. The van der Waals surface area contributed by atoms with Gasteiger partial charge in [-0.25, -0.2) is 15.0 Å². The molecule has 5 aromatic rings. The molecule has 3 heterocycles. The van der Waals surface area contributed by atoms with Crippen LogP contribution in [0.2, 0.25) is 0 Å². The molecular formula is C31H29N5S. The average molecular weight is 504 g/mol. The molecule has 6 rings (SSSR count). The van der Waals surface area contributed by atoms with Crippen LogP contribution in [-0.2, 0) is 13.0 Å². The minimum absolute atomic E-state index is 0.605. The van der Waals surface area contributed by atoms with Crippen LogP contribution in [0.1, 0.15) is 36.5 Å². The Labute approximate surface area is 221 Å². The summed E-state index contributed by atoms with van der Waals surface area (Å²) in [5.41, 5.74) is 10.0. The average Bonchev–Trinajstić information content (AvgIpc) is 3.73. The van der Waals surface area contributed by atoms with E-state index in [1.165, 1.54) is 27.2 Å². The largest absolute Gasteiger partial charge is 0.350 e. The minimum atomic E-state index is 0.605. The third-order valence-corrected chi connectivity index (χ3v) is 7.53. The number of hydrogen-bond donors (Lipinski definition) is 1. The molecule has 0 spiro atoms. The lowest BCUT2D eigenvalue weighted by Crippen LogP contribution is -2.05. The first-order valence-corrected chi connectivity index (χ1v) is 14.0. The van der Waals surface area contributed by atoms with Gasteiger partial charge in [-0.3, -0.25) is 4.40 Å². The second-order valence-corrected chi connectivity index (χ2v) is 10.1. The van der Waals surface area contributed by atoms with Crippen molar-refractivity contribution in [1.82, 2.24) is 19.4 Å². The van der Waals surface area contributed by atoms with Crippen molar-refractivity contribution in [2.45, 2.75) is 37.6 Å². The predicted octanol–water partition coefficient (Wildman–Crippen LogP) is 7.53. The molecule has 5 nitrogen and oxygen atoms in total. The molecular weight excluding hydrogens is 474 g/mol. The molecule has 0 aliphatic heterocycles.